The van der Waals surface area contributed by atoms with Gasteiger partial charge in [0.25, 0.3) is 10.1 Å². The summed E-state index contributed by atoms with van der Waals surface area (Å²) in [4.78, 5) is 13.1. The Kier molecular flexibility index (Phi) is 7.89. The third-order valence-corrected chi connectivity index (χ3v) is 7.71. The lowest BCUT2D eigenvalue weighted by molar-refractivity contribution is -0.353. The average molecular weight is 541 g/mol. The molecule has 0 N–H and O–H groups in total. The lowest BCUT2D eigenvalue weighted by atomic mass is 9.97. The van der Waals surface area contributed by atoms with Crippen LogP contribution in [0, 0.1) is 6.92 Å². The van der Waals surface area contributed by atoms with E-state index in [1.165, 1.54) is 19.2 Å². The molecule has 9 nitrogen and oxygen atoms in total. The molecule has 0 saturated carbocycles. The van der Waals surface area contributed by atoms with E-state index in [4.69, 9.17) is 27.9 Å². The van der Waals surface area contributed by atoms with E-state index in [2.05, 4.69) is 0 Å². The largest absolute Gasteiger partial charge is 0.453 e. The van der Waals surface area contributed by atoms with Crippen LogP contribution in [0.15, 0.2) is 89.8 Å². The molecule has 3 aromatic rings. The Morgan fingerprint density at radius 2 is 1.53 bits per heavy atom. The molecule has 0 radical (unpaired) electrons. The first kappa shape index (κ1) is 26.5. The van der Waals surface area contributed by atoms with Gasteiger partial charge in [-0.05, 0) is 31.2 Å². The van der Waals surface area contributed by atoms with Gasteiger partial charge < -0.3 is 23.7 Å². The summed E-state index contributed by atoms with van der Waals surface area (Å²) in [7, 11) is -2.94. The molecule has 2 heterocycles. The van der Waals surface area contributed by atoms with Gasteiger partial charge in [-0.25, -0.2) is 4.79 Å². The van der Waals surface area contributed by atoms with Crippen molar-refractivity contribution in [1.29, 1.82) is 0 Å². The Morgan fingerprint density at radius 1 is 0.868 bits per heavy atom. The van der Waals surface area contributed by atoms with Crippen molar-refractivity contribution in [1.82, 2.24) is 0 Å². The van der Waals surface area contributed by atoms with Gasteiger partial charge in [-0.1, -0.05) is 66.2 Å². The molecule has 0 amide bonds. The highest BCUT2D eigenvalue weighted by molar-refractivity contribution is 7.86. The Balaban J connectivity index is 1.49. The molecule has 0 bridgehead atoms. The molecule has 3 aromatic carbocycles. The SMILES string of the molecule is CO[C@H]1O[C@@H]2COC(c3ccccc3)O[C@H]2[C@H](OC(=O)c2ccccc2)[C@H]1OS(=O)(=O)c1ccc(C)cc1. The molecule has 0 aromatic heterocycles. The first-order valence-corrected chi connectivity index (χ1v) is 13.5. The molecule has 10 heteroatoms. The van der Waals surface area contributed by atoms with Crippen molar-refractivity contribution in [2.45, 2.75) is 48.8 Å². The van der Waals surface area contributed by atoms with Crippen molar-refractivity contribution in [3.8, 4) is 0 Å². The van der Waals surface area contributed by atoms with Crippen LogP contribution in [0.2, 0.25) is 0 Å². The van der Waals surface area contributed by atoms with Crippen molar-refractivity contribution in [3.05, 3.63) is 102 Å². The van der Waals surface area contributed by atoms with Crippen LogP contribution < -0.4 is 0 Å². The smallest absolute Gasteiger partial charge is 0.338 e. The van der Waals surface area contributed by atoms with E-state index in [1.54, 1.807) is 42.5 Å². The van der Waals surface area contributed by atoms with Gasteiger partial charge in [0.2, 0.25) is 0 Å². The highest BCUT2D eigenvalue weighted by atomic mass is 32.2. The molecule has 5 rings (SSSR count). The van der Waals surface area contributed by atoms with Crippen LogP contribution in [0.4, 0.5) is 0 Å². The zero-order valence-electron chi connectivity index (χ0n) is 20.8. The quantitative estimate of drug-likeness (QED) is 0.327. The summed E-state index contributed by atoms with van der Waals surface area (Å²) in [5, 5.41) is 0. The predicted molar refractivity (Wildman–Crippen MR) is 135 cm³/mol. The van der Waals surface area contributed by atoms with E-state index in [1.807, 2.05) is 37.3 Å². The maximum atomic E-state index is 13.3. The van der Waals surface area contributed by atoms with E-state index >= 15 is 0 Å². The van der Waals surface area contributed by atoms with Crippen molar-refractivity contribution in [2.24, 2.45) is 0 Å². The standard InChI is InChI=1S/C28H28O9S/c1-18-13-15-21(16-14-18)38(30,31)37-25-24(35-26(29)19-9-5-3-6-10-19)23-22(34-28(25)32-2)17-33-27(36-23)20-11-7-4-8-12-20/h3-16,22-25,27-28H,17H2,1-2H3/t22-,23-,24+,25-,27?,28+/m1/s1. The summed E-state index contributed by atoms with van der Waals surface area (Å²) >= 11 is 0. The van der Waals surface area contributed by atoms with Gasteiger partial charge in [-0.15, -0.1) is 0 Å². The molecular formula is C28H28O9S. The van der Waals surface area contributed by atoms with Crippen molar-refractivity contribution in [3.63, 3.8) is 0 Å². The fraction of sp³-hybridized carbons (Fsp3) is 0.321. The molecule has 0 spiro atoms. The zero-order chi connectivity index (χ0) is 26.7. The molecule has 38 heavy (non-hydrogen) atoms. The Hall–Kier alpha value is -3.12. The number of esters is 1. The van der Waals surface area contributed by atoms with Crippen molar-refractivity contribution >= 4 is 16.1 Å². The second kappa shape index (κ2) is 11.3. The summed E-state index contributed by atoms with van der Waals surface area (Å²) < 4.78 is 61.7. The lowest BCUT2D eigenvalue weighted by Gasteiger charge is -2.47. The molecule has 2 saturated heterocycles. The molecule has 6 atom stereocenters. The number of benzene rings is 3. The monoisotopic (exact) mass is 540 g/mol. The summed E-state index contributed by atoms with van der Waals surface area (Å²) in [6, 6.07) is 23.8. The van der Waals surface area contributed by atoms with Gasteiger partial charge in [0.15, 0.2) is 24.8 Å². The van der Waals surface area contributed by atoms with Crippen molar-refractivity contribution < 1.29 is 41.1 Å². The summed E-state index contributed by atoms with van der Waals surface area (Å²) in [6.45, 7) is 1.94. The van der Waals surface area contributed by atoms with Crippen LogP contribution in [0.25, 0.3) is 0 Å². The van der Waals surface area contributed by atoms with Gasteiger partial charge in [0.05, 0.1) is 17.1 Å². The summed E-state index contributed by atoms with van der Waals surface area (Å²) in [5.74, 6) is -0.668. The van der Waals surface area contributed by atoms with E-state index in [0.29, 0.717) is 0 Å². The van der Waals surface area contributed by atoms with Gasteiger partial charge in [0, 0.05) is 12.7 Å². The minimum absolute atomic E-state index is 0.0525. The number of carbonyl (C=O) groups excluding carboxylic acids is 1. The Morgan fingerprint density at radius 3 is 2.18 bits per heavy atom. The van der Waals surface area contributed by atoms with Crippen LogP contribution >= 0.6 is 0 Å². The van der Waals surface area contributed by atoms with E-state index in [9.17, 15) is 13.2 Å². The van der Waals surface area contributed by atoms with E-state index in [0.717, 1.165) is 11.1 Å². The van der Waals surface area contributed by atoms with E-state index in [-0.39, 0.29) is 17.1 Å². The van der Waals surface area contributed by atoms with Crippen LogP contribution in [0.1, 0.15) is 27.8 Å². The molecule has 200 valence electrons. The highest BCUT2D eigenvalue weighted by Gasteiger charge is 2.54. The second-order valence-corrected chi connectivity index (χ2v) is 10.6. The zero-order valence-corrected chi connectivity index (χ0v) is 21.7. The van der Waals surface area contributed by atoms with Gasteiger partial charge in [0.1, 0.15) is 12.2 Å². The van der Waals surface area contributed by atoms with Crippen LogP contribution in [-0.4, -0.2) is 58.8 Å². The number of methoxy groups -OCH3 is 1. The van der Waals surface area contributed by atoms with E-state index < -0.39 is 53.1 Å². The Bertz CT molecular complexity index is 1330. The number of carbonyl (C=O) groups is 1. The number of hydrogen-bond donors (Lipinski definition) is 0. The highest BCUT2D eigenvalue weighted by Crippen LogP contribution is 2.37. The number of hydrogen-bond acceptors (Lipinski definition) is 9. The molecule has 0 aliphatic carbocycles. The summed E-state index contributed by atoms with van der Waals surface area (Å²) in [6.07, 6.45) is -6.17. The van der Waals surface area contributed by atoms with Gasteiger partial charge >= 0.3 is 5.97 Å². The fourth-order valence-corrected chi connectivity index (χ4v) is 5.50. The number of rotatable bonds is 7. The lowest BCUT2D eigenvalue weighted by Crippen LogP contribution is -2.64. The normalized spacial score (nSPS) is 27.3. The average Bonchev–Trinajstić information content (AvgIpc) is 2.94. The topological polar surface area (TPSA) is 107 Å². The number of aryl methyl sites for hydroxylation is 1. The van der Waals surface area contributed by atoms with Crippen LogP contribution in [0.3, 0.4) is 0 Å². The molecular weight excluding hydrogens is 512 g/mol. The molecule has 1 unspecified atom stereocenters. The first-order valence-electron chi connectivity index (χ1n) is 12.1. The second-order valence-electron chi connectivity index (χ2n) is 9.02. The minimum Gasteiger partial charge on any atom is -0.453 e. The third kappa shape index (κ3) is 5.65. The van der Waals surface area contributed by atoms with Gasteiger partial charge in [-0.3, -0.25) is 4.18 Å². The fourth-order valence-electron chi connectivity index (χ4n) is 4.43. The molecule has 2 aliphatic heterocycles. The van der Waals surface area contributed by atoms with Gasteiger partial charge in [-0.2, -0.15) is 8.42 Å². The number of fused-ring (bicyclic) bond motifs is 1. The van der Waals surface area contributed by atoms with Crippen molar-refractivity contribution in [2.75, 3.05) is 13.7 Å². The maximum Gasteiger partial charge on any atom is 0.338 e. The predicted octanol–water partition coefficient (Wildman–Crippen LogP) is 3.78. The molecule has 2 fully saturated rings. The third-order valence-electron chi connectivity index (χ3n) is 6.39. The first-order chi connectivity index (χ1) is 18.4. The maximum absolute atomic E-state index is 13.3. The number of ether oxygens (including phenoxy) is 5. The van der Waals surface area contributed by atoms with Crippen LogP contribution in [-0.2, 0) is 38.0 Å². The Labute approximate surface area is 221 Å². The molecule has 2 aliphatic rings. The van der Waals surface area contributed by atoms with Crippen LogP contribution in [0.5, 0.6) is 0 Å². The minimum atomic E-state index is -4.29. The summed E-state index contributed by atoms with van der Waals surface area (Å²) in [5.41, 5.74) is 1.92.